The molecule has 5 heterocycles. The van der Waals surface area contributed by atoms with Crippen LogP contribution in [0.4, 0.5) is 16.8 Å². The first-order valence-corrected chi connectivity index (χ1v) is 11.1. The van der Waals surface area contributed by atoms with Gasteiger partial charge in [-0.15, -0.1) is 0 Å². The highest BCUT2D eigenvalue weighted by Gasteiger charge is 2.50. The first kappa shape index (κ1) is 19.6. The summed E-state index contributed by atoms with van der Waals surface area (Å²) in [5.74, 6) is 1.46. The number of nitrogens with zero attached hydrogens (tertiary/aromatic N) is 7. The molecule has 3 aliphatic heterocycles. The van der Waals surface area contributed by atoms with Crippen LogP contribution in [0.1, 0.15) is 12.1 Å². The van der Waals surface area contributed by atoms with Gasteiger partial charge in [0.1, 0.15) is 10.8 Å². The molecule has 1 atom stereocenters. The van der Waals surface area contributed by atoms with Gasteiger partial charge in [-0.2, -0.15) is 14.6 Å². The second-order valence-corrected chi connectivity index (χ2v) is 9.13. The number of nitrogens with one attached hydrogen (secondary N) is 1. The summed E-state index contributed by atoms with van der Waals surface area (Å²) in [6.45, 7) is 9.26. The molecule has 0 bridgehead atoms. The predicted octanol–water partition coefficient (Wildman–Crippen LogP) is 1.47. The second-order valence-electron chi connectivity index (χ2n) is 8.32. The number of aryl methyl sites for hydroxylation is 1. The van der Waals surface area contributed by atoms with Crippen molar-refractivity contribution in [1.82, 2.24) is 24.1 Å². The molecule has 158 valence electrons. The zero-order valence-electron chi connectivity index (χ0n) is 17.1. The van der Waals surface area contributed by atoms with E-state index in [1.807, 2.05) is 19.1 Å². The van der Waals surface area contributed by atoms with E-state index in [4.69, 9.17) is 4.74 Å². The minimum Gasteiger partial charge on any atom is -0.378 e. The van der Waals surface area contributed by atoms with Crippen LogP contribution >= 0.6 is 11.5 Å². The van der Waals surface area contributed by atoms with Crippen molar-refractivity contribution in [2.45, 2.75) is 24.9 Å². The number of morpholine rings is 1. The van der Waals surface area contributed by atoms with E-state index in [1.165, 1.54) is 11.5 Å². The molecular weight excluding hydrogens is 400 g/mol. The average Bonchev–Trinajstić information content (AvgIpc) is 3.14. The number of anilines is 3. The number of hydrogen-bond donors (Lipinski definition) is 1. The maximum atomic E-state index is 9.53. The third kappa shape index (κ3) is 3.74. The van der Waals surface area contributed by atoms with Crippen LogP contribution in [0.5, 0.6) is 0 Å². The smallest absolute Gasteiger partial charge is 0.229 e. The summed E-state index contributed by atoms with van der Waals surface area (Å²) in [4.78, 5) is 16.3. The van der Waals surface area contributed by atoms with Crippen LogP contribution in [0.25, 0.3) is 0 Å². The molecular formula is C20H26N8OS. The van der Waals surface area contributed by atoms with Crippen molar-refractivity contribution in [2.24, 2.45) is 0 Å². The molecule has 3 saturated heterocycles. The Morgan fingerprint density at radius 1 is 1.37 bits per heavy atom. The number of nitriles is 1. The Bertz CT molecular complexity index is 937. The van der Waals surface area contributed by atoms with Crippen molar-refractivity contribution >= 4 is 28.3 Å². The van der Waals surface area contributed by atoms with E-state index in [0.29, 0.717) is 18.4 Å². The second kappa shape index (κ2) is 8.07. The molecule has 10 heteroatoms. The lowest BCUT2D eigenvalue weighted by Crippen LogP contribution is -2.74. The molecule has 5 rings (SSSR count). The molecule has 9 nitrogen and oxygen atoms in total. The Kier molecular flexibility index (Phi) is 5.28. The number of ether oxygens (including phenoxy) is 1. The van der Waals surface area contributed by atoms with E-state index in [1.54, 1.807) is 6.20 Å². The van der Waals surface area contributed by atoms with E-state index in [2.05, 4.69) is 40.4 Å². The first-order valence-electron chi connectivity index (χ1n) is 10.4. The number of hydrogen-bond acceptors (Lipinski definition) is 10. The Morgan fingerprint density at radius 3 is 3.07 bits per heavy atom. The molecule has 0 amide bonds. The highest BCUT2D eigenvalue weighted by atomic mass is 32.1. The lowest BCUT2D eigenvalue weighted by Gasteiger charge is -2.58. The fourth-order valence-corrected chi connectivity index (χ4v) is 5.35. The standard InChI is InChI=1S/C20H26N8OS/c1-15-10-18(30-25-15)24-19-22-5-2-17(23-19)27-13-20(14-27,3-4-21)28-7-6-26-8-9-29-12-16(26)11-28/h2,5,10,16H,3,6-9,11-14H2,1H3,(H,22,23,24)/t16-/m1/s1. The van der Waals surface area contributed by atoms with Crippen LogP contribution in [0.2, 0.25) is 0 Å². The van der Waals surface area contributed by atoms with Gasteiger partial charge in [-0.1, -0.05) is 0 Å². The average molecular weight is 427 g/mol. The highest BCUT2D eigenvalue weighted by Crippen LogP contribution is 2.36. The van der Waals surface area contributed by atoms with Crippen molar-refractivity contribution in [3.63, 3.8) is 0 Å². The van der Waals surface area contributed by atoms with Gasteiger partial charge in [-0.3, -0.25) is 9.80 Å². The number of piperazine rings is 1. The van der Waals surface area contributed by atoms with Crippen LogP contribution in [0.3, 0.4) is 0 Å². The molecule has 0 aliphatic carbocycles. The number of aromatic nitrogens is 3. The van der Waals surface area contributed by atoms with Crippen molar-refractivity contribution < 1.29 is 4.74 Å². The van der Waals surface area contributed by atoms with Gasteiger partial charge in [0.2, 0.25) is 5.95 Å². The van der Waals surface area contributed by atoms with Gasteiger partial charge in [-0.25, -0.2) is 4.98 Å². The Balaban J connectivity index is 1.27. The fourth-order valence-electron chi connectivity index (χ4n) is 4.69. The normalized spacial score (nSPS) is 24.0. The van der Waals surface area contributed by atoms with Crippen molar-refractivity contribution in [2.75, 3.05) is 62.7 Å². The molecule has 2 aromatic heterocycles. The lowest BCUT2D eigenvalue weighted by molar-refractivity contribution is -0.0753. The number of fused-ring (bicyclic) bond motifs is 1. The minimum absolute atomic E-state index is 0.106. The third-order valence-corrected chi connectivity index (χ3v) is 7.11. The highest BCUT2D eigenvalue weighted by molar-refractivity contribution is 7.10. The summed E-state index contributed by atoms with van der Waals surface area (Å²) in [5, 5.41) is 13.7. The lowest BCUT2D eigenvalue weighted by atomic mass is 9.83. The van der Waals surface area contributed by atoms with Gasteiger partial charge in [0.25, 0.3) is 0 Å². The fraction of sp³-hybridized carbons (Fsp3) is 0.600. The minimum atomic E-state index is -0.106. The van der Waals surface area contributed by atoms with Crippen molar-refractivity contribution in [3.05, 3.63) is 24.0 Å². The van der Waals surface area contributed by atoms with Crippen LogP contribution < -0.4 is 10.2 Å². The van der Waals surface area contributed by atoms with Gasteiger partial charge >= 0.3 is 0 Å². The summed E-state index contributed by atoms with van der Waals surface area (Å²) in [6, 6.07) is 6.79. The molecule has 0 spiro atoms. The molecule has 30 heavy (non-hydrogen) atoms. The molecule has 2 aromatic rings. The van der Waals surface area contributed by atoms with Gasteiger partial charge < -0.3 is 15.0 Å². The number of rotatable bonds is 5. The molecule has 0 saturated carbocycles. The van der Waals surface area contributed by atoms with Crippen LogP contribution in [0, 0.1) is 18.3 Å². The molecule has 0 unspecified atom stereocenters. The molecule has 3 aliphatic rings. The van der Waals surface area contributed by atoms with E-state index < -0.39 is 0 Å². The zero-order valence-corrected chi connectivity index (χ0v) is 17.9. The third-order valence-electron chi connectivity index (χ3n) is 6.31. The van der Waals surface area contributed by atoms with Crippen LogP contribution in [-0.4, -0.2) is 88.2 Å². The monoisotopic (exact) mass is 426 g/mol. The zero-order chi connectivity index (χ0) is 20.6. The first-order chi connectivity index (χ1) is 14.6. The largest absolute Gasteiger partial charge is 0.378 e. The maximum absolute atomic E-state index is 9.53. The summed E-state index contributed by atoms with van der Waals surface area (Å²) in [7, 11) is 0. The van der Waals surface area contributed by atoms with E-state index in [0.717, 1.165) is 69.0 Å². The van der Waals surface area contributed by atoms with Gasteiger partial charge in [0, 0.05) is 51.5 Å². The molecule has 0 radical (unpaired) electrons. The maximum Gasteiger partial charge on any atom is 0.229 e. The summed E-state index contributed by atoms with van der Waals surface area (Å²) >= 11 is 1.40. The van der Waals surface area contributed by atoms with Crippen molar-refractivity contribution in [1.29, 1.82) is 5.26 Å². The van der Waals surface area contributed by atoms with E-state index in [-0.39, 0.29) is 5.54 Å². The molecule has 0 aromatic carbocycles. The van der Waals surface area contributed by atoms with Crippen molar-refractivity contribution in [3.8, 4) is 6.07 Å². The Morgan fingerprint density at radius 2 is 2.27 bits per heavy atom. The van der Waals surface area contributed by atoms with Gasteiger partial charge in [-0.05, 0) is 30.6 Å². The summed E-state index contributed by atoms with van der Waals surface area (Å²) in [6.07, 6.45) is 2.31. The SMILES string of the molecule is Cc1cc(Nc2nccc(N3CC(CC#N)(N4CCN5CCOC[C@H]5C4)C3)n2)sn1. The predicted molar refractivity (Wildman–Crippen MR) is 115 cm³/mol. The molecule has 1 N–H and O–H groups in total. The topological polar surface area (TPSA) is 93.4 Å². The quantitative estimate of drug-likeness (QED) is 0.763. The van der Waals surface area contributed by atoms with E-state index in [9.17, 15) is 5.26 Å². The Hall–Kier alpha value is -2.32. The van der Waals surface area contributed by atoms with Crippen LogP contribution in [0.15, 0.2) is 18.3 Å². The Labute approximate surface area is 180 Å². The molecule has 3 fully saturated rings. The summed E-state index contributed by atoms with van der Waals surface area (Å²) < 4.78 is 9.98. The summed E-state index contributed by atoms with van der Waals surface area (Å²) in [5.41, 5.74) is 0.872. The van der Waals surface area contributed by atoms with E-state index >= 15 is 0 Å². The van der Waals surface area contributed by atoms with Gasteiger partial charge in [0.15, 0.2) is 0 Å². The van der Waals surface area contributed by atoms with Crippen LogP contribution in [-0.2, 0) is 4.74 Å². The van der Waals surface area contributed by atoms with Gasteiger partial charge in [0.05, 0.1) is 36.9 Å².